The molecule has 0 saturated carbocycles. The third-order valence-corrected chi connectivity index (χ3v) is 5.52. The summed E-state index contributed by atoms with van der Waals surface area (Å²) in [7, 11) is -3.07. The second kappa shape index (κ2) is 3.60. The van der Waals surface area contributed by atoms with E-state index in [0.717, 1.165) is 0 Å². The molecular weight excluding hydrogens is 226 g/mol. The first-order valence-corrected chi connectivity index (χ1v) is 7.06. The number of hydrogen-bond donors (Lipinski definition) is 1. The maximum Gasteiger partial charge on any atom is 0.156 e. The number of hydrogen-bond acceptors (Lipinski definition) is 4. The first kappa shape index (κ1) is 11.7. The van der Waals surface area contributed by atoms with Gasteiger partial charge in [0.1, 0.15) is 5.76 Å². The Morgan fingerprint density at radius 1 is 1.50 bits per heavy atom. The fourth-order valence-electron chi connectivity index (χ4n) is 2.19. The van der Waals surface area contributed by atoms with Crippen molar-refractivity contribution in [2.75, 3.05) is 5.75 Å². The number of nitrogens with one attached hydrogen (secondary N) is 1. The van der Waals surface area contributed by atoms with Crippen molar-refractivity contribution in [2.24, 2.45) is 0 Å². The quantitative estimate of drug-likeness (QED) is 0.812. The highest BCUT2D eigenvalue weighted by molar-refractivity contribution is 7.92. The molecule has 2 rings (SSSR count). The lowest BCUT2D eigenvalue weighted by atomic mass is 10.0. The molecule has 90 valence electrons. The van der Waals surface area contributed by atoms with E-state index in [2.05, 4.69) is 5.32 Å². The van der Waals surface area contributed by atoms with E-state index in [4.69, 9.17) is 4.42 Å². The van der Waals surface area contributed by atoms with Gasteiger partial charge in [-0.3, -0.25) is 0 Å². The third-order valence-electron chi connectivity index (χ3n) is 2.99. The lowest BCUT2D eigenvalue weighted by Gasteiger charge is -2.39. The fourth-order valence-corrected chi connectivity index (χ4v) is 4.16. The van der Waals surface area contributed by atoms with Crippen LogP contribution in [0.25, 0.3) is 0 Å². The Kier molecular flexibility index (Phi) is 2.62. The molecule has 0 bridgehead atoms. The molecule has 1 fully saturated rings. The van der Waals surface area contributed by atoms with Gasteiger partial charge in [0.05, 0.1) is 23.3 Å². The Balaban J connectivity index is 2.39. The number of sulfone groups is 1. The smallest absolute Gasteiger partial charge is 0.156 e. The van der Waals surface area contributed by atoms with Crippen LogP contribution in [0.2, 0.25) is 0 Å². The number of rotatable bonds is 1. The largest absolute Gasteiger partial charge is 0.468 e. The third kappa shape index (κ3) is 2.01. The molecule has 2 atom stereocenters. The molecule has 0 radical (unpaired) electrons. The molecule has 1 N–H and O–H groups in total. The molecule has 1 aliphatic heterocycles. The highest BCUT2D eigenvalue weighted by atomic mass is 32.2. The topological polar surface area (TPSA) is 59.3 Å². The van der Waals surface area contributed by atoms with Crippen LogP contribution in [-0.4, -0.2) is 25.0 Å². The van der Waals surface area contributed by atoms with Gasteiger partial charge in [0, 0.05) is 5.54 Å². The minimum absolute atomic E-state index is 0.165. The van der Waals surface area contributed by atoms with E-state index >= 15 is 0 Å². The minimum atomic E-state index is -3.07. The Morgan fingerprint density at radius 2 is 2.19 bits per heavy atom. The molecule has 0 amide bonds. The first-order chi connectivity index (χ1) is 7.32. The van der Waals surface area contributed by atoms with Crippen LogP contribution in [-0.2, 0) is 9.84 Å². The van der Waals surface area contributed by atoms with E-state index in [1.807, 2.05) is 19.9 Å². The minimum Gasteiger partial charge on any atom is -0.468 e. The van der Waals surface area contributed by atoms with Crippen molar-refractivity contribution in [2.45, 2.75) is 37.6 Å². The van der Waals surface area contributed by atoms with Gasteiger partial charge in [0.25, 0.3) is 0 Å². The summed E-state index contributed by atoms with van der Waals surface area (Å²) >= 11 is 0. The Labute approximate surface area is 95.9 Å². The Morgan fingerprint density at radius 3 is 2.75 bits per heavy atom. The van der Waals surface area contributed by atoms with Crippen molar-refractivity contribution < 1.29 is 12.8 Å². The summed E-state index contributed by atoms with van der Waals surface area (Å²) in [6, 6.07) is 3.33. The molecule has 5 heteroatoms. The molecule has 1 aromatic rings. The second-order valence-corrected chi connectivity index (χ2v) is 7.39. The zero-order valence-corrected chi connectivity index (χ0v) is 10.5. The summed E-state index contributed by atoms with van der Waals surface area (Å²) < 4.78 is 29.3. The Hall–Kier alpha value is -0.810. The van der Waals surface area contributed by atoms with Crippen LogP contribution in [0.1, 0.15) is 32.6 Å². The summed E-state index contributed by atoms with van der Waals surface area (Å²) in [5, 5.41) is 2.88. The van der Waals surface area contributed by atoms with Gasteiger partial charge >= 0.3 is 0 Å². The molecule has 0 aromatic carbocycles. The van der Waals surface area contributed by atoms with Crippen molar-refractivity contribution in [3.8, 4) is 0 Å². The molecule has 1 aromatic heterocycles. The van der Waals surface area contributed by atoms with Gasteiger partial charge in [-0.2, -0.15) is 0 Å². The lowest BCUT2D eigenvalue weighted by molar-refractivity contribution is 0.300. The van der Waals surface area contributed by atoms with Crippen molar-refractivity contribution in [1.82, 2.24) is 5.32 Å². The molecule has 1 aliphatic rings. The maximum atomic E-state index is 12.0. The summed E-state index contributed by atoms with van der Waals surface area (Å²) in [5.74, 6) is 0.849. The zero-order chi connectivity index (χ0) is 12.0. The average Bonchev–Trinajstić information content (AvgIpc) is 2.62. The van der Waals surface area contributed by atoms with Crippen LogP contribution in [0.3, 0.4) is 0 Å². The van der Waals surface area contributed by atoms with E-state index in [9.17, 15) is 8.42 Å². The number of furan rings is 1. The van der Waals surface area contributed by atoms with Gasteiger partial charge < -0.3 is 9.73 Å². The predicted molar refractivity (Wildman–Crippen MR) is 61.9 cm³/mol. The lowest BCUT2D eigenvalue weighted by Crippen LogP contribution is -2.57. The van der Waals surface area contributed by atoms with Gasteiger partial charge in [-0.05, 0) is 32.9 Å². The Bertz CT molecular complexity index is 461. The van der Waals surface area contributed by atoms with Crippen LogP contribution in [0.4, 0.5) is 0 Å². The average molecular weight is 243 g/mol. The van der Waals surface area contributed by atoms with Crippen molar-refractivity contribution in [1.29, 1.82) is 0 Å². The van der Waals surface area contributed by atoms with E-state index in [1.54, 1.807) is 19.3 Å². The van der Waals surface area contributed by atoms with Gasteiger partial charge in [-0.15, -0.1) is 0 Å². The molecule has 4 nitrogen and oxygen atoms in total. The van der Waals surface area contributed by atoms with Gasteiger partial charge in [0.2, 0.25) is 0 Å². The summed E-state index contributed by atoms with van der Waals surface area (Å²) in [6.07, 6.45) is 1.57. The van der Waals surface area contributed by atoms with Gasteiger partial charge in [-0.1, -0.05) is 0 Å². The van der Waals surface area contributed by atoms with E-state index < -0.39 is 20.6 Å². The summed E-state index contributed by atoms with van der Waals surface area (Å²) in [6.45, 7) is 5.52. The molecule has 1 saturated heterocycles. The van der Waals surface area contributed by atoms with Gasteiger partial charge in [0.15, 0.2) is 9.84 Å². The van der Waals surface area contributed by atoms with Crippen LogP contribution in [0, 0.1) is 0 Å². The standard InChI is InChI=1S/C11H17NO3S/c1-8-10(9-5-4-6-15-9)12-11(2,3)7-16(8,13)14/h4-6,8,10,12H,7H2,1-3H3. The normalized spacial score (nSPS) is 32.4. The molecule has 0 aliphatic carbocycles. The highest BCUT2D eigenvalue weighted by Gasteiger charge is 2.43. The highest BCUT2D eigenvalue weighted by Crippen LogP contribution is 2.31. The van der Waals surface area contributed by atoms with Crippen molar-refractivity contribution in [3.05, 3.63) is 24.2 Å². The molecule has 0 spiro atoms. The summed E-state index contributed by atoms with van der Waals surface area (Å²) in [4.78, 5) is 0. The van der Waals surface area contributed by atoms with Gasteiger partial charge in [-0.25, -0.2) is 8.42 Å². The van der Waals surface area contributed by atoms with E-state index in [0.29, 0.717) is 5.76 Å². The molecule has 16 heavy (non-hydrogen) atoms. The molecular formula is C11H17NO3S. The zero-order valence-electron chi connectivity index (χ0n) is 9.73. The monoisotopic (exact) mass is 243 g/mol. The van der Waals surface area contributed by atoms with Crippen LogP contribution >= 0.6 is 0 Å². The SMILES string of the molecule is CC1C(c2ccco2)NC(C)(C)CS1(=O)=O. The molecule has 2 unspecified atom stereocenters. The van der Waals surface area contributed by atoms with Crippen LogP contribution in [0.15, 0.2) is 22.8 Å². The van der Waals surface area contributed by atoms with E-state index in [-0.39, 0.29) is 11.8 Å². The maximum absolute atomic E-state index is 12.0. The van der Waals surface area contributed by atoms with Crippen LogP contribution in [0.5, 0.6) is 0 Å². The van der Waals surface area contributed by atoms with Crippen molar-refractivity contribution >= 4 is 9.84 Å². The second-order valence-electron chi connectivity index (χ2n) is 5.03. The summed E-state index contributed by atoms with van der Waals surface area (Å²) in [5.41, 5.74) is -0.414. The van der Waals surface area contributed by atoms with Crippen LogP contribution < -0.4 is 5.32 Å². The van der Waals surface area contributed by atoms with E-state index in [1.165, 1.54) is 0 Å². The first-order valence-electron chi connectivity index (χ1n) is 5.34. The predicted octanol–water partition coefficient (Wildman–Crippen LogP) is 1.51. The fraction of sp³-hybridized carbons (Fsp3) is 0.636. The van der Waals surface area contributed by atoms with Crippen molar-refractivity contribution in [3.63, 3.8) is 0 Å². The molecule has 2 heterocycles.